The van der Waals surface area contributed by atoms with Gasteiger partial charge in [0.15, 0.2) is 6.61 Å². The molecule has 12 heteroatoms. The predicted octanol–water partition coefficient (Wildman–Crippen LogP) is 4.65. The molecule has 5 aromatic rings. The minimum atomic E-state index is -0.706. The quantitative estimate of drug-likeness (QED) is 0.193. The molecule has 0 radical (unpaired) electrons. The predicted molar refractivity (Wildman–Crippen MR) is 117 cm³/mol. The van der Waals surface area contributed by atoms with E-state index in [2.05, 4.69) is 20.3 Å². The summed E-state index contributed by atoms with van der Waals surface area (Å²) in [6, 6.07) is 12.7. The highest BCUT2D eigenvalue weighted by atomic mass is 19.1. The smallest absolute Gasteiger partial charge is 0.339 e. The van der Waals surface area contributed by atoms with Crippen LogP contribution in [0.25, 0.3) is 33.7 Å². The molecule has 11 nitrogen and oxygen atoms in total. The molecule has 0 amide bonds. The van der Waals surface area contributed by atoms with Crippen LogP contribution in [0, 0.1) is 22.9 Å². The molecule has 0 atom stereocenters. The van der Waals surface area contributed by atoms with Crippen LogP contribution in [0.2, 0.25) is 0 Å². The molecule has 2 aromatic carbocycles. The number of rotatable bonds is 6. The molecule has 0 aliphatic heterocycles. The van der Waals surface area contributed by atoms with Crippen LogP contribution in [-0.2, 0) is 11.3 Å². The zero-order valence-electron chi connectivity index (χ0n) is 18.0. The maximum atomic E-state index is 13.3. The van der Waals surface area contributed by atoms with Crippen molar-refractivity contribution in [3.8, 4) is 22.6 Å². The van der Waals surface area contributed by atoms with Crippen LogP contribution in [-0.4, -0.2) is 31.2 Å². The highest BCUT2D eigenvalue weighted by molar-refractivity contribution is 6.04. The molecule has 0 fully saturated rings. The van der Waals surface area contributed by atoms with Gasteiger partial charge in [-0.25, -0.2) is 14.2 Å². The number of carbonyl (C=O) groups excluding carboxylic acids is 1. The van der Waals surface area contributed by atoms with Crippen LogP contribution in [0.3, 0.4) is 0 Å². The fourth-order valence-corrected chi connectivity index (χ4v) is 3.39. The lowest BCUT2D eigenvalue weighted by atomic mass is 10.1. The van der Waals surface area contributed by atoms with E-state index in [1.54, 1.807) is 6.92 Å². The van der Waals surface area contributed by atoms with Crippen molar-refractivity contribution < 1.29 is 27.9 Å². The van der Waals surface area contributed by atoms with E-state index in [-0.39, 0.29) is 35.3 Å². The molecule has 0 saturated heterocycles. The van der Waals surface area contributed by atoms with Crippen LogP contribution in [0.5, 0.6) is 0 Å². The first-order valence-electron chi connectivity index (χ1n) is 10.2. The van der Waals surface area contributed by atoms with Gasteiger partial charge in [0.25, 0.3) is 17.3 Å². The molecule has 0 N–H and O–H groups in total. The van der Waals surface area contributed by atoms with E-state index in [4.69, 9.17) is 13.8 Å². The van der Waals surface area contributed by atoms with Gasteiger partial charge in [-0.3, -0.25) is 10.1 Å². The van der Waals surface area contributed by atoms with Crippen molar-refractivity contribution >= 4 is 22.8 Å². The van der Waals surface area contributed by atoms with Gasteiger partial charge < -0.3 is 13.8 Å². The normalized spacial score (nSPS) is 11.0. The van der Waals surface area contributed by atoms with Crippen molar-refractivity contribution in [3.05, 3.63) is 87.7 Å². The third-order valence-corrected chi connectivity index (χ3v) is 5.11. The summed E-state index contributed by atoms with van der Waals surface area (Å²) in [6.07, 6.45) is 0. The third kappa shape index (κ3) is 4.31. The summed E-state index contributed by atoms with van der Waals surface area (Å²) in [4.78, 5) is 31.8. The molecule has 0 bridgehead atoms. The molecule has 0 unspecified atom stereocenters. The van der Waals surface area contributed by atoms with Gasteiger partial charge in [-0.05, 0) is 49.4 Å². The Balaban J connectivity index is 1.38. The number of hydrogen-bond donors (Lipinski definition) is 0. The Bertz CT molecular complexity index is 1560. The fourth-order valence-electron chi connectivity index (χ4n) is 3.39. The number of ether oxygens (including phenoxy) is 1. The lowest BCUT2D eigenvalue weighted by Crippen LogP contribution is -2.07. The number of nitrogens with zero attached hydrogens (tertiary/aromatic N) is 5. The van der Waals surface area contributed by atoms with Gasteiger partial charge in [-0.1, -0.05) is 10.3 Å². The fraction of sp³-hybridized carbons (Fsp3) is 0.0870. The highest BCUT2D eigenvalue weighted by Gasteiger charge is 2.21. The number of benzene rings is 2. The Hall–Kier alpha value is -5.00. The number of non-ortho nitro benzene ring substituents is 1. The Kier molecular flexibility index (Phi) is 5.45. The average molecular weight is 475 g/mol. The molecule has 0 spiro atoms. The van der Waals surface area contributed by atoms with Gasteiger partial charge in [0.1, 0.15) is 5.82 Å². The molecule has 0 saturated carbocycles. The summed E-state index contributed by atoms with van der Waals surface area (Å²) >= 11 is 0. The second-order valence-electron chi connectivity index (χ2n) is 7.40. The number of nitro groups is 1. The van der Waals surface area contributed by atoms with E-state index in [0.717, 1.165) is 0 Å². The third-order valence-electron chi connectivity index (χ3n) is 5.11. The summed E-state index contributed by atoms with van der Waals surface area (Å²) in [6.45, 7) is 1.34. The maximum absolute atomic E-state index is 13.3. The number of aromatic nitrogens is 4. The van der Waals surface area contributed by atoms with Crippen LogP contribution in [0.15, 0.2) is 63.6 Å². The summed E-state index contributed by atoms with van der Waals surface area (Å²) in [5.41, 5.74) is 2.11. The van der Waals surface area contributed by atoms with Gasteiger partial charge >= 0.3 is 5.97 Å². The summed E-state index contributed by atoms with van der Waals surface area (Å²) in [5, 5.41) is 18.9. The van der Waals surface area contributed by atoms with Crippen LogP contribution >= 0.6 is 0 Å². The van der Waals surface area contributed by atoms with E-state index >= 15 is 0 Å². The Morgan fingerprint density at radius 1 is 1.03 bits per heavy atom. The summed E-state index contributed by atoms with van der Waals surface area (Å²) < 4.78 is 29.1. The van der Waals surface area contributed by atoms with Gasteiger partial charge in [-0.15, -0.1) is 0 Å². The van der Waals surface area contributed by atoms with Crippen molar-refractivity contribution in [3.63, 3.8) is 0 Å². The topological polar surface area (TPSA) is 147 Å². The Morgan fingerprint density at radius 2 is 1.74 bits per heavy atom. The summed E-state index contributed by atoms with van der Waals surface area (Å²) in [5.74, 6) is -0.900. The van der Waals surface area contributed by atoms with Crippen molar-refractivity contribution in [2.24, 2.45) is 0 Å². The molecule has 3 aromatic heterocycles. The largest absolute Gasteiger partial charge is 0.452 e. The van der Waals surface area contributed by atoms with Crippen molar-refractivity contribution in [2.75, 3.05) is 0 Å². The van der Waals surface area contributed by atoms with Gasteiger partial charge in [0.05, 0.1) is 27.3 Å². The number of aryl methyl sites for hydroxylation is 1. The number of hydrogen-bond acceptors (Lipinski definition) is 10. The minimum absolute atomic E-state index is 0.0257. The lowest BCUT2D eigenvalue weighted by Gasteiger charge is -2.06. The minimum Gasteiger partial charge on any atom is -0.452 e. The Labute approximate surface area is 195 Å². The highest BCUT2D eigenvalue weighted by Crippen LogP contribution is 2.28. The zero-order valence-corrected chi connectivity index (χ0v) is 18.0. The molecule has 35 heavy (non-hydrogen) atoms. The molecule has 0 aliphatic carbocycles. The Morgan fingerprint density at radius 3 is 2.46 bits per heavy atom. The molecular formula is C23H14FN5O6. The zero-order chi connectivity index (χ0) is 24.5. The van der Waals surface area contributed by atoms with Crippen LogP contribution in [0.4, 0.5) is 10.1 Å². The van der Waals surface area contributed by atoms with Crippen LogP contribution < -0.4 is 0 Å². The van der Waals surface area contributed by atoms with E-state index in [1.165, 1.54) is 54.6 Å². The number of pyridine rings is 1. The number of fused-ring (bicyclic) bond motifs is 1. The average Bonchev–Trinajstić information content (AvgIpc) is 3.49. The van der Waals surface area contributed by atoms with Gasteiger partial charge in [0, 0.05) is 23.3 Å². The number of esters is 1. The first-order valence-corrected chi connectivity index (χ1v) is 10.2. The maximum Gasteiger partial charge on any atom is 0.339 e. The number of nitro benzene ring substituents is 1. The standard InChI is InChI=1S/C23H14FN5O6/c1-12-20-17(10-18(25-22(20)35-27-12)13-2-6-15(24)7-3-13)23(30)33-11-19-26-21(28-34-19)14-4-8-16(9-5-14)29(31)32/h2-10H,11H2,1H3. The monoisotopic (exact) mass is 475 g/mol. The molecule has 3 heterocycles. The van der Waals surface area contributed by atoms with E-state index < -0.39 is 16.7 Å². The van der Waals surface area contributed by atoms with Crippen LogP contribution in [0.1, 0.15) is 21.9 Å². The lowest BCUT2D eigenvalue weighted by molar-refractivity contribution is -0.384. The molecular weight excluding hydrogens is 461 g/mol. The van der Waals surface area contributed by atoms with Crippen molar-refractivity contribution in [1.82, 2.24) is 20.3 Å². The SMILES string of the molecule is Cc1noc2nc(-c3ccc(F)cc3)cc(C(=O)OCc3nc(-c4ccc([N+](=O)[O-])cc4)no3)c12. The second kappa shape index (κ2) is 8.74. The van der Waals surface area contributed by atoms with E-state index in [1.807, 2.05) is 0 Å². The number of carbonyl (C=O) groups is 1. The number of halogens is 1. The van der Waals surface area contributed by atoms with Gasteiger partial charge in [0.2, 0.25) is 5.82 Å². The van der Waals surface area contributed by atoms with E-state index in [9.17, 15) is 19.3 Å². The summed E-state index contributed by atoms with van der Waals surface area (Å²) in [7, 11) is 0. The molecule has 0 aliphatic rings. The van der Waals surface area contributed by atoms with E-state index in [0.29, 0.717) is 27.9 Å². The first-order chi connectivity index (χ1) is 16.9. The second-order valence-corrected chi connectivity index (χ2v) is 7.40. The van der Waals surface area contributed by atoms with Crippen molar-refractivity contribution in [1.29, 1.82) is 0 Å². The molecule has 5 rings (SSSR count). The van der Waals surface area contributed by atoms with Gasteiger partial charge in [-0.2, -0.15) is 4.98 Å². The van der Waals surface area contributed by atoms with Crippen molar-refractivity contribution in [2.45, 2.75) is 13.5 Å². The molecule has 174 valence electrons. The first kappa shape index (κ1) is 21.8.